The van der Waals surface area contributed by atoms with E-state index in [-0.39, 0.29) is 0 Å². The van der Waals surface area contributed by atoms with Gasteiger partial charge in [0.1, 0.15) is 10.8 Å². The lowest BCUT2D eigenvalue weighted by atomic mass is 10.1. The molecular formula is C19H17N5S. The zero-order chi connectivity index (χ0) is 17.4. The fraction of sp³-hybridized carbons (Fsp3) is 0.263. The molecule has 4 rings (SSSR count). The van der Waals surface area contributed by atoms with Crippen LogP contribution in [0.2, 0.25) is 0 Å². The Hall–Kier alpha value is -2.78. The summed E-state index contributed by atoms with van der Waals surface area (Å²) in [7, 11) is 0. The summed E-state index contributed by atoms with van der Waals surface area (Å²) in [5.74, 6) is 0.966. The maximum atomic E-state index is 7.11. The van der Waals surface area contributed by atoms with Crippen LogP contribution >= 0.6 is 11.3 Å². The van der Waals surface area contributed by atoms with Crippen LogP contribution in [0.25, 0.3) is 15.4 Å². The molecule has 1 aliphatic heterocycles. The van der Waals surface area contributed by atoms with E-state index < -0.39 is 0 Å². The Balaban J connectivity index is 1.63. The molecule has 3 aromatic heterocycles. The van der Waals surface area contributed by atoms with E-state index >= 15 is 0 Å². The lowest BCUT2D eigenvalue weighted by molar-refractivity contribution is 0.716. The lowest BCUT2D eigenvalue weighted by Crippen LogP contribution is -2.30. The van der Waals surface area contributed by atoms with Gasteiger partial charge >= 0.3 is 0 Å². The third-order valence-corrected chi connectivity index (χ3v) is 5.47. The summed E-state index contributed by atoms with van der Waals surface area (Å²) in [5, 5.41) is 1.06. The average Bonchev–Trinajstić information content (AvgIpc) is 3.05. The Labute approximate surface area is 150 Å². The van der Waals surface area contributed by atoms with Crippen molar-refractivity contribution >= 4 is 22.8 Å². The summed E-state index contributed by atoms with van der Waals surface area (Å²) in [6.45, 7) is 12.9. The molecule has 25 heavy (non-hydrogen) atoms. The van der Waals surface area contributed by atoms with E-state index in [0.29, 0.717) is 5.69 Å². The Kier molecular flexibility index (Phi) is 3.94. The highest BCUT2D eigenvalue weighted by atomic mass is 32.1. The highest BCUT2D eigenvalue weighted by Crippen LogP contribution is 2.34. The van der Waals surface area contributed by atoms with Crippen LogP contribution in [0.3, 0.4) is 0 Å². The van der Waals surface area contributed by atoms with E-state index in [1.165, 1.54) is 10.6 Å². The summed E-state index contributed by atoms with van der Waals surface area (Å²) < 4.78 is 0. The molecule has 6 heteroatoms. The molecule has 0 spiro atoms. The van der Waals surface area contributed by atoms with Crippen molar-refractivity contribution in [2.45, 2.75) is 26.8 Å². The zero-order valence-electron chi connectivity index (χ0n) is 14.2. The minimum atomic E-state index is 0.590. The van der Waals surface area contributed by atoms with Crippen LogP contribution in [0.15, 0.2) is 30.6 Å². The van der Waals surface area contributed by atoms with Crippen LogP contribution in [0.1, 0.15) is 21.8 Å². The Morgan fingerprint density at radius 3 is 2.88 bits per heavy atom. The van der Waals surface area contributed by atoms with E-state index in [1.54, 1.807) is 17.5 Å². The molecule has 3 aromatic rings. The van der Waals surface area contributed by atoms with Crippen LogP contribution in [0, 0.1) is 20.4 Å². The zero-order valence-corrected chi connectivity index (χ0v) is 15.0. The summed E-state index contributed by atoms with van der Waals surface area (Å²) in [6.07, 6.45) is 4.41. The van der Waals surface area contributed by atoms with Crippen molar-refractivity contribution in [1.82, 2.24) is 15.0 Å². The fourth-order valence-electron chi connectivity index (χ4n) is 3.12. The van der Waals surface area contributed by atoms with Crippen LogP contribution in [0.5, 0.6) is 0 Å². The molecule has 0 aromatic carbocycles. The molecule has 0 aliphatic carbocycles. The van der Waals surface area contributed by atoms with Crippen molar-refractivity contribution < 1.29 is 0 Å². The monoisotopic (exact) mass is 347 g/mol. The fourth-order valence-corrected chi connectivity index (χ4v) is 4.24. The third-order valence-electron chi connectivity index (χ3n) is 4.34. The summed E-state index contributed by atoms with van der Waals surface area (Å²) >= 11 is 1.75. The number of anilines is 1. The standard InChI is InChI=1S/C19H17N5S/c1-12-8-15(20-3)10-22-18(12)24-7-5-16-17(11-24)25-19(23-16)14-4-6-21-13(2)9-14/h4,6,8-10H,5,7,11H2,1-2H3. The first-order valence-corrected chi connectivity index (χ1v) is 8.96. The van der Waals surface area contributed by atoms with E-state index in [2.05, 4.69) is 25.8 Å². The van der Waals surface area contributed by atoms with E-state index in [4.69, 9.17) is 11.6 Å². The second-order valence-electron chi connectivity index (χ2n) is 6.19. The summed E-state index contributed by atoms with van der Waals surface area (Å²) in [5.41, 5.74) is 4.97. The molecular weight excluding hydrogens is 330 g/mol. The predicted molar refractivity (Wildman–Crippen MR) is 100 cm³/mol. The van der Waals surface area contributed by atoms with Gasteiger partial charge in [0.15, 0.2) is 0 Å². The number of pyridine rings is 2. The van der Waals surface area contributed by atoms with Gasteiger partial charge < -0.3 is 4.90 Å². The predicted octanol–water partition coefficient (Wildman–Crippen LogP) is 4.33. The van der Waals surface area contributed by atoms with Gasteiger partial charge in [0, 0.05) is 41.5 Å². The number of rotatable bonds is 2. The van der Waals surface area contributed by atoms with Crippen LogP contribution in [0.4, 0.5) is 11.5 Å². The van der Waals surface area contributed by atoms with Gasteiger partial charge in [-0.1, -0.05) is 0 Å². The van der Waals surface area contributed by atoms with Crippen LogP contribution in [-0.2, 0) is 13.0 Å². The average molecular weight is 347 g/mol. The highest BCUT2D eigenvalue weighted by molar-refractivity contribution is 7.15. The van der Waals surface area contributed by atoms with Crippen molar-refractivity contribution in [3.63, 3.8) is 0 Å². The minimum absolute atomic E-state index is 0.590. The van der Waals surface area contributed by atoms with Crippen molar-refractivity contribution in [1.29, 1.82) is 0 Å². The largest absolute Gasteiger partial charge is 0.351 e. The number of hydrogen-bond acceptors (Lipinski definition) is 5. The molecule has 0 atom stereocenters. The number of fused-ring (bicyclic) bond motifs is 1. The SMILES string of the molecule is [C-]#[N+]c1cnc(N2CCc3nc(-c4ccnc(C)c4)sc3C2)c(C)c1. The lowest BCUT2D eigenvalue weighted by Gasteiger charge is -2.28. The first-order chi connectivity index (χ1) is 12.1. The smallest absolute Gasteiger partial charge is 0.205 e. The van der Waals surface area contributed by atoms with Gasteiger partial charge in [0.05, 0.1) is 18.8 Å². The second-order valence-corrected chi connectivity index (χ2v) is 7.28. The topological polar surface area (TPSA) is 46.3 Å². The van der Waals surface area contributed by atoms with E-state index in [9.17, 15) is 0 Å². The van der Waals surface area contributed by atoms with Gasteiger partial charge in [-0.2, -0.15) is 0 Å². The maximum Gasteiger partial charge on any atom is 0.205 e. The molecule has 0 bridgehead atoms. The molecule has 0 amide bonds. The minimum Gasteiger partial charge on any atom is -0.351 e. The van der Waals surface area contributed by atoms with Gasteiger partial charge in [-0.25, -0.2) is 9.83 Å². The van der Waals surface area contributed by atoms with Crippen molar-refractivity contribution in [3.8, 4) is 10.6 Å². The van der Waals surface area contributed by atoms with Crippen molar-refractivity contribution in [2.75, 3.05) is 11.4 Å². The molecule has 1 aliphatic rings. The molecule has 0 saturated carbocycles. The van der Waals surface area contributed by atoms with Crippen LogP contribution < -0.4 is 4.90 Å². The molecule has 0 unspecified atom stereocenters. The number of nitrogens with zero attached hydrogens (tertiary/aromatic N) is 5. The Morgan fingerprint density at radius 1 is 1.24 bits per heavy atom. The third kappa shape index (κ3) is 2.99. The highest BCUT2D eigenvalue weighted by Gasteiger charge is 2.23. The van der Waals surface area contributed by atoms with E-state index in [0.717, 1.165) is 47.2 Å². The van der Waals surface area contributed by atoms with Crippen molar-refractivity contribution in [2.24, 2.45) is 0 Å². The van der Waals surface area contributed by atoms with E-state index in [1.807, 2.05) is 32.2 Å². The summed E-state index contributed by atoms with van der Waals surface area (Å²) in [4.78, 5) is 20.7. The van der Waals surface area contributed by atoms with Gasteiger partial charge in [0.25, 0.3) is 0 Å². The molecule has 0 fully saturated rings. The second kappa shape index (κ2) is 6.26. The van der Waals surface area contributed by atoms with Gasteiger partial charge in [-0.05, 0) is 37.6 Å². The molecule has 124 valence electrons. The first-order valence-electron chi connectivity index (χ1n) is 8.14. The number of hydrogen-bond donors (Lipinski definition) is 0. The summed E-state index contributed by atoms with van der Waals surface area (Å²) in [6, 6.07) is 6.00. The Bertz CT molecular complexity index is 986. The molecule has 0 radical (unpaired) electrons. The maximum absolute atomic E-state index is 7.11. The van der Waals surface area contributed by atoms with Gasteiger partial charge in [0.2, 0.25) is 5.69 Å². The number of aromatic nitrogens is 3. The first kappa shape index (κ1) is 15.7. The number of aryl methyl sites for hydroxylation is 2. The molecule has 5 nitrogen and oxygen atoms in total. The van der Waals surface area contributed by atoms with Crippen molar-refractivity contribution in [3.05, 3.63) is 63.8 Å². The van der Waals surface area contributed by atoms with Gasteiger partial charge in [-0.15, -0.1) is 11.3 Å². The van der Waals surface area contributed by atoms with Crippen LogP contribution in [-0.4, -0.2) is 21.5 Å². The van der Waals surface area contributed by atoms with Gasteiger partial charge in [-0.3, -0.25) is 9.97 Å². The normalized spacial score (nSPS) is 13.4. The number of thiazole rings is 1. The molecule has 0 N–H and O–H groups in total. The molecule has 0 saturated heterocycles. The molecule has 4 heterocycles. The quantitative estimate of drug-likeness (QED) is 0.647. The Morgan fingerprint density at radius 2 is 2.12 bits per heavy atom.